The first kappa shape index (κ1) is 15.9. The molecule has 1 amide bonds. The van der Waals surface area contributed by atoms with Gasteiger partial charge in [-0.15, -0.1) is 23.1 Å². The molecule has 1 aromatic carbocycles. The van der Waals surface area contributed by atoms with Crippen LogP contribution in [0.1, 0.15) is 21.3 Å². The first-order chi connectivity index (χ1) is 10.0. The van der Waals surface area contributed by atoms with Gasteiger partial charge in [-0.3, -0.25) is 4.79 Å². The van der Waals surface area contributed by atoms with E-state index in [1.54, 1.807) is 5.38 Å². The zero-order valence-corrected chi connectivity index (χ0v) is 12.7. The molecule has 7 heteroatoms. The fourth-order valence-electron chi connectivity index (χ4n) is 1.82. The number of nitrogens with one attached hydrogen (secondary N) is 1. The van der Waals surface area contributed by atoms with Crippen molar-refractivity contribution in [2.24, 2.45) is 0 Å². The van der Waals surface area contributed by atoms with E-state index in [9.17, 15) is 18.7 Å². The van der Waals surface area contributed by atoms with Crippen molar-refractivity contribution < 1.29 is 18.7 Å². The number of hydrogen-bond acceptors (Lipinski definition) is 4. The van der Waals surface area contributed by atoms with Gasteiger partial charge >= 0.3 is 0 Å². The molecule has 0 saturated heterocycles. The van der Waals surface area contributed by atoms with Gasteiger partial charge in [0.1, 0.15) is 22.6 Å². The highest BCUT2D eigenvalue weighted by atomic mass is 32.2. The summed E-state index contributed by atoms with van der Waals surface area (Å²) in [5.74, 6) is -2.04. The molecule has 0 spiro atoms. The van der Waals surface area contributed by atoms with Crippen molar-refractivity contribution in [2.45, 2.75) is 11.0 Å². The molecule has 0 aliphatic carbocycles. The van der Waals surface area contributed by atoms with Crippen molar-refractivity contribution in [3.05, 3.63) is 51.7 Å². The minimum Gasteiger partial charge on any atom is -0.386 e. The molecule has 2 aromatic rings. The van der Waals surface area contributed by atoms with E-state index in [2.05, 4.69) is 5.32 Å². The summed E-state index contributed by atoms with van der Waals surface area (Å²) < 4.78 is 27.0. The molecule has 112 valence electrons. The van der Waals surface area contributed by atoms with Crippen LogP contribution in [0.25, 0.3) is 0 Å². The van der Waals surface area contributed by atoms with Gasteiger partial charge in [0.05, 0.1) is 5.56 Å². The lowest BCUT2D eigenvalue weighted by Gasteiger charge is -2.13. The molecule has 0 aliphatic rings. The third-order valence-electron chi connectivity index (χ3n) is 2.84. The maximum Gasteiger partial charge on any atom is 0.262 e. The highest BCUT2D eigenvalue weighted by Crippen LogP contribution is 2.26. The van der Waals surface area contributed by atoms with E-state index in [0.29, 0.717) is 4.88 Å². The molecule has 1 atom stereocenters. The second-order valence-corrected chi connectivity index (χ2v) is 5.94. The highest BCUT2D eigenvalue weighted by molar-refractivity contribution is 7.98. The number of thiophene rings is 1. The minimum absolute atomic E-state index is 0.262. The van der Waals surface area contributed by atoms with E-state index in [1.807, 2.05) is 12.3 Å². The second-order valence-electron chi connectivity index (χ2n) is 4.18. The summed E-state index contributed by atoms with van der Waals surface area (Å²) in [7, 11) is 0. The van der Waals surface area contributed by atoms with Gasteiger partial charge in [-0.25, -0.2) is 8.78 Å². The van der Waals surface area contributed by atoms with E-state index in [-0.39, 0.29) is 12.5 Å². The number of benzene rings is 1. The number of halogens is 2. The predicted octanol–water partition coefficient (Wildman–Crippen LogP) is 3.21. The Morgan fingerprint density at radius 3 is 2.67 bits per heavy atom. The average molecular weight is 329 g/mol. The molecule has 1 heterocycles. The molecule has 1 unspecified atom stereocenters. The van der Waals surface area contributed by atoms with Crippen LogP contribution in [0.3, 0.4) is 0 Å². The van der Waals surface area contributed by atoms with Crippen LogP contribution in [-0.2, 0) is 0 Å². The molecule has 0 aliphatic heterocycles. The molecular formula is C14H13F2NO2S2. The summed E-state index contributed by atoms with van der Waals surface area (Å²) in [6.45, 7) is -0.262. The summed E-state index contributed by atoms with van der Waals surface area (Å²) >= 11 is 2.71. The van der Waals surface area contributed by atoms with Crippen LogP contribution >= 0.6 is 23.1 Å². The number of hydrogen-bond donors (Lipinski definition) is 2. The van der Waals surface area contributed by atoms with Crippen molar-refractivity contribution in [3.8, 4) is 0 Å². The summed E-state index contributed by atoms with van der Waals surface area (Å²) in [4.78, 5) is 13.3. The average Bonchev–Trinajstić information content (AvgIpc) is 2.93. The quantitative estimate of drug-likeness (QED) is 0.828. The summed E-state index contributed by atoms with van der Waals surface area (Å²) in [5.41, 5.74) is -0.436. The van der Waals surface area contributed by atoms with Crippen molar-refractivity contribution in [1.29, 1.82) is 0 Å². The first-order valence-corrected chi connectivity index (χ1v) is 8.16. The normalized spacial score (nSPS) is 12.2. The molecule has 2 rings (SSSR count). The molecule has 0 bridgehead atoms. The third-order valence-corrected chi connectivity index (χ3v) is 4.67. The van der Waals surface area contributed by atoms with Crippen LogP contribution in [-0.4, -0.2) is 23.8 Å². The lowest BCUT2D eigenvalue weighted by molar-refractivity contribution is 0.0913. The Morgan fingerprint density at radius 1 is 1.38 bits per heavy atom. The largest absolute Gasteiger partial charge is 0.386 e. The van der Waals surface area contributed by atoms with Crippen LogP contribution < -0.4 is 5.32 Å². The Labute approximate surface area is 129 Å². The van der Waals surface area contributed by atoms with Crippen molar-refractivity contribution in [3.63, 3.8) is 0 Å². The number of aliphatic hydroxyl groups excluding tert-OH is 1. The topological polar surface area (TPSA) is 49.3 Å². The van der Waals surface area contributed by atoms with Gasteiger partial charge in [-0.1, -0.05) is 6.07 Å². The van der Waals surface area contributed by atoms with Gasteiger partial charge in [-0.2, -0.15) is 0 Å². The van der Waals surface area contributed by atoms with E-state index in [0.717, 1.165) is 17.0 Å². The van der Waals surface area contributed by atoms with E-state index in [4.69, 9.17) is 0 Å². The maximum absolute atomic E-state index is 13.5. The molecule has 0 fully saturated rings. The summed E-state index contributed by atoms with van der Waals surface area (Å²) in [5, 5.41) is 14.1. The Morgan fingerprint density at radius 2 is 2.05 bits per heavy atom. The van der Waals surface area contributed by atoms with E-state index in [1.165, 1.54) is 29.2 Å². The molecule has 0 saturated carbocycles. The van der Waals surface area contributed by atoms with Crippen LogP contribution in [0.4, 0.5) is 8.78 Å². The number of aliphatic hydroxyl groups is 1. The van der Waals surface area contributed by atoms with E-state index < -0.39 is 23.3 Å². The minimum atomic E-state index is -1.44. The van der Waals surface area contributed by atoms with Crippen molar-refractivity contribution in [1.82, 2.24) is 5.32 Å². The Hall–Kier alpha value is -1.44. The van der Waals surface area contributed by atoms with Crippen molar-refractivity contribution >= 4 is 29.0 Å². The summed E-state index contributed by atoms with van der Waals surface area (Å²) in [6, 6.07) is 5.16. The van der Waals surface area contributed by atoms with Crippen LogP contribution in [0.2, 0.25) is 0 Å². The van der Waals surface area contributed by atoms with Gasteiger partial charge in [0.15, 0.2) is 0 Å². The van der Waals surface area contributed by atoms with Gasteiger partial charge in [0, 0.05) is 11.4 Å². The lowest BCUT2D eigenvalue weighted by atomic mass is 10.1. The number of carbonyl (C=O) groups excluding carboxylic acids is 1. The molecule has 0 radical (unpaired) electrons. The maximum atomic E-state index is 13.5. The van der Waals surface area contributed by atoms with Gasteiger partial charge in [0.25, 0.3) is 5.91 Å². The van der Waals surface area contributed by atoms with Crippen LogP contribution in [0.5, 0.6) is 0 Å². The molecule has 21 heavy (non-hydrogen) atoms. The second kappa shape index (κ2) is 7.02. The van der Waals surface area contributed by atoms with Crippen LogP contribution in [0.15, 0.2) is 34.5 Å². The molecule has 3 nitrogen and oxygen atoms in total. The Bertz CT molecular complexity index is 625. The van der Waals surface area contributed by atoms with Crippen molar-refractivity contribution in [2.75, 3.05) is 12.8 Å². The molecule has 1 aromatic heterocycles. The molecular weight excluding hydrogens is 316 g/mol. The standard InChI is InChI=1S/C14H13F2NO2S2/c1-20-11-5-6-21-13(11)14(19)17-7-10(18)12-8(15)3-2-4-9(12)16/h2-6,10,18H,7H2,1H3,(H,17,19). The third kappa shape index (κ3) is 3.61. The lowest BCUT2D eigenvalue weighted by Crippen LogP contribution is -2.28. The number of carbonyl (C=O) groups is 1. The Balaban J connectivity index is 2.04. The van der Waals surface area contributed by atoms with Gasteiger partial charge < -0.3 is 10.4 Å². The first-order valence-electron chi connectivity index (χ1n) is 6.06. The van der Waals surface area contributed by atoms with Gasteiger partial charge in [0.2, 0.25) is 0 Å². The number of rotatable bonds is 5. The monoisotopic (exact) mass is 329 g/mol. The van der Waals surface area contributed by atoms with Crippen LogP contribution in [0, 0.1) is 11.6 Å². The number of thioether (sulfide) groups is 1. The predicted molar refractivity (Wildman–Crippen MR) is 79.8 cm³/mol. The highest BCUT2D eigenvalue weighted by Gasteiger charge is 2.19. The zero-order chi connectivity index (χ0) is 15.4. The fourth-order valence-corrected chi connectivity index (χ4v) is 3.49. The molecule has 2 N–H and O–H groups in total. The Kier molecular flexibility index (Phi) is 5.33. The van der Waals surface area contributed by atoms with Gasteiger partial charge in [-0.05, 0) is 29.8 Å². The van der Waals surface area contributed by atoms with E-state index >= 15 is 0 Å². The smallest absolute Gasteiger partial charge is 0.262 e. The fraction of sp³-hybridized carbons (Fsp3) is 0.214. The number of amides is 1. The summed E-state index contributed by atoms with van der Waals surface area (Å²) in [6.07, 6.45) is 0.412. The zero-order valence-electron chi connectivity index (χ0n) is 11.1. The SMILES string of the molecule is CSc1ccsc1C(=O)NCC(O)c1c(F)cccc1F.